The molecule has 444 valence electrons. The molecule has 2 atom stereocenters. The Balaban J connectivity index is 0.000000251. The lowest BCUT2D eigenvalue weighted by Gasteiger charge is -2.32. The number of nitrogens with two attached hydrogens (primary N) is 2. The number of halogens is 11. The fourth-order valence-corrected chi connectivity index (χ4v) is 7.92. The third-order valence-corrected chi connectivity index (χ3v) is 12.7. The Hall–Kier alpha value is -7.46. The molecule has 0 fully saturated rings. The van der Waals surface area contributed by atoms with Crippen LogP contribution in [0.25, 0.3) is 34.1 Å². The monoisotopic (exact) mass is 1230 g/mol. The molecule has 0 radical (unpaired) electrons. The Bertz CT molecular complexity index is 3600. The summed E-state index contributed by atoms with van der Waals surface area (Å²) in [6.07, 6.45) is -3.78. The number of rotatable bonds is 13. The Morgan fingerprint density at radius 2 is 1.11 bits per heavy atom. The third kappa shape index (κ3) is 15.8. The zero-order chi connectivity index (χ0) is 61.1. The van der Waals surface area contributed by atoms with Crippen molar-refractivity contribution in [1.29, 1.82) is 0 Å². The van der Waals surface area contributed by atoms with Crippen molar-refractivity contribution in [1.82, 2.24) is 44.0 Å². The lowest BCUT2D eigenvalue weighted by atomic mass is 9.86. The summed E-state index contributed by atoms with van der Waals surface area (Å²) < 4.78 is 120. The first-order chi connectivity index (χ1) is 37.9. The van der Waals surface area contributed by atoms with Crippen LogP contribution in [0.3, 0.4) is 0 Å². The molecule has 18 nitrogen and oxygen atoms in total. The van der Waals surface area contributed by atoms with Crippen LogP contribution in [0.4, 0.5) is 39.9 Å². The molecule has 2 unspecified atom stereocenters. The van der Waals surface area contributed by atoms with E-state index in [1.165, 1.54) is 73.2 Å². The van der Waals surface area contributed by atoms with Crippen LogP contribution < -0.4 is 16.8 Å². The number of hydrogen-bond donors (Lipinski definition) is 6. The highest BCUT2D eigenvalue weighted by Crippen LogP contribution is 2.44. The van der Waals surface area contributed by atoms with E-state index in [0.717, 1.165) is 24.3 Å². The minimum atomic E-state index is -5.20. The lowest BCUT2D eigenvalue weighted by molar-refractivity contribution is -0.270. The molecule has 8 rings (SSSR count). The average Bonchev–Trinajstić information content (AvgIpc) is 4.26. The molecule has 0 aliphatic carbocycles. The van der Waals surface area contributed by atoms with Gasteiger partial charge in [-0.3, -0.25) is 13.6 Å². The number of Topliss-reactive ketones (excluding diaryl/α,β-unsaturated/α-hetero) is 1. The smallest absolute Gasteiger partial charge is 0.424 e. The molecular weight excluding hydrogens is 1170 g/mol. The molecule has 29 heteroatoms. The standard InChI is InChI=1S/C25H22ClF4N5O2.C22H26ClF4N3O3.C7H5N3O2.ClH/c1-23(2,31)15-11-18(14-4-5-17(27)16(26)10-14)33-21(12-15)24(37,25(28,29)30)7-6-20(36)19-13-35-9-3-8-32-22(35)34-19;1-19(2,3)33-18(31)30-20(4,5)13-9-16(12-6-7-15(24)14(23)8-12)29-17(10-13)21(32,11-28)22(25,26)27;11-6(12)5-4-10-3-1-2-8-7(10)9-5;/h3-5,8-13,37H,6-7,31H2,1-2H3;6-10,32H,11,28H2,1-5H3,(H,30,31);1-4H,(H,11,12);1H. The van der Waals surface area contributed by atoms with Crippen molar-refractivity contribution >= 4 is 65.0 Å². The van der Waals surface area contributed by atoms with Crippen LogP contribution in [0, 0.1) is 11.6 Å². The normalized spacial score (nSPS) is 13.6. The van der Waals surface area contributed by atoms with Crippen molar-refractivity contribution < 1.29 is 69.6 Å². The number of hydrogen-bond acceptors (Lipinski definition) is 14. The second-order valence-corrected chi connectivity index (χ2v) is 21.4. The highest BCUT2D eigenvalue weighted by atomic mass is 35.5. The molecule has 0 bridgehead atoms. The number of aromatic carboxylic acids is 1. The fraction of sp³-hybridized carbons (Fsp3) is 0.315. The summed E-state index contributed by atoms with van der Waals surface area (Å²) in [5.74, 6) is -2.59. The van der Waals surface area contributed by atoms with E-state index in [2.05, 4.69) is 35.2 Å². The predicted octanol–water partition coefficient (Wildman–Crippen LogP) is 11.0. The molecular formula is C54H54Cl3F8N11O7. The van der Waals surface area contributed by atoms with Crippen LogP contribution in [0.5, 0.6) is 0 Å². The van der Waals surface area contributed by atoms with E-state index in [-0.39, 0.29) is 73.3 Å². The highest BCUT2D eigenvalue weighted by Gasteiger charge is 2.57. The topological polar surface area (TPSA) is 271 Å². The number of imidazole rings is 2. The number of aromatic nitrogens is 8. The first-order valence-corrected chi connectivity index (χ1v) is 25.0. The number of fused-ring (bicyclic) bond motifs is 2. The Morgan fingerprint density at radius 3 is 1.53 bits per heavy atom. The van der Waals surface area contributed by atoms with Gasteiger partial charge in [-0.1, -0.05) is 23.2 Å². The Morgan fingerprint density at radius 1 is 0.663 bits per heavy atom. The van der Waals surface area contributed by atoms with Crippen molar-refractivity contribution in [3.05, 3.63) is 166 Å². The second kappa shape index (κ2) is 25.2. The maximum atomic E-state index is 14.4. The molecule has 8 aromatic rings. The van der Waals surface area contributed by atoms with Gasteiger partial charge >= 0.3 is 24.4 Å². The third-order valence-electron chi connectivity index (χ3n) is 12.1. The van der Waals surface area contributed by atoms with Crippen molar-refractivity contribution in [3.8, 4) is 22.5 Å². The van der Waals surface area contributed by atoms with Crippen molar-refractivity contribution in [2.45, 2.75) is 102 Å². The number of pyridine rings is 2. The van der Waals surface area contributed by atoms with Crippen LogP contribution in [0.2, 0.25) is 10.0 Å². The number of carboxylic acids is 1. The van der Waals surface area contributed by atoms with Crippen LogP contribution in [-0.4, -0.2) is 96.4 Å². The summed E-state index contributed by atoms with van der Waals surface area (Å²) in [6, 6.07) is 15.3. The van der Waals surface area contributed by atoms with E-state index in [1.54, 1.807) is 69.7 Å². The van der Waals surface area contributed by atoms with Gasteiger partial charge in [0, 0.05) is 66.8 Å². The fourth-order valence-electron chi connectivity index (χ4n) is 7.56. The maximum Gasteiger partial charge on any atom is 0.424 e. The number of amides is 1. The van der Waals surface area contributed by atoms with E-state index in [9.17, 15) is 59.7 Å². The second-order valence-electron chi connectivity index (χ2n) is 20.5. The van der Waals surface area contributed by atoms with Crippen LogP contribution in [-0.2, 0) is 27.0 Å². The minimum absolute atomic E-state index is 0. The number of ether oxygens (including phenoxy) is 1. The van der Waals surface area contributed by atoms with Crippen LogP contribution >= 0.6 is 35.6 Å². The van der Waals surface area contributed by atoms with Crippen LogP contribution in [0.1, 0.15) is 105 Å². The van der Waals surface area contributed by atoms with Gasteiger partial charge in [0.15, 0.2) is 11.5 Å². The van der Waals surface area contributed by atoms with Gasteiger partial charge in [-0.15, -0.1) is 12.4 Å². The first-order valence-electron chi connectivity index (χ1n) is 24.3. The Kier molecular flexibility index (Phi) is 20.1. The van der Waals surface area contributed by atoms with Crippen molar-refractivity contribution in [2.75, 3.05) is 6.54 Å². The molecule has 0 saturated carbocycles. The molecule has 6 heterocycles. The number of carbonyl (C=O) groups excluding carboxylic acids is 2. The van der Waals surface area contributed by atoms with Crippen molar-refractivity contribution in [3.63, 3.8) is 0 Å². The van der Waals surface area contributed by atoms with E-state index in [1.807, 2.05) is 0 Å². The number of ketones is 1. The largest absolute Gasteiger partial charge is 0.476 e. The molecule has 0 aliphatic rings. The van der Waals surface area contributed by atoms with E-state index in [0.29, 0.717) is 5.78 Å². The highest BCUT2D eigenvalue weighted by molar-refractivity contribution is 6.31. The predicted molar refractivity (Wildman–Crippen MR) is 292 cm³/mol. The zero-order valence-electron chi connectivity index (χ0n) is 44.9. The molecule has 1 amide bonds. The van der Waals surface area contributed by atoms with E-state index < -0.39 is 100 Å². The Labute approximate surface area is 484 Å². The number of carbonyl (C=O) groups is 3. The SMILES string of the molecule is CC(C)(C)OC(=O)NC(C)(C)c1cc(-c2ccc(F)c(Cl)c2)nc(C(O)(CN)C(F)(F)F)c1.CC(C)(N)c1cc(-c2ccc(F)c(Cl)c2)nc(C(O)(CCC(=O)c2cn3cccnc3n2)C(F)(F)F)c1.Cl.O=C(O)c1cn2cccnc2n1. The lowest BCUT2D eigenvalue weighted by Crippen LogP contribution is -2.49. The number of nitrogens with one attached hydrogen (secondary N) is 1. The van der Waals surface area contributed by atoms with Gasteiger partial charge in [-0.2, -0.15) is 26.3 Å². The van der Waals surface area contributed by atoms with Gasteiger partial charge in [-0.25, -0.2) is 48.3 Å². The number of alkyl halides is 6. The van der Waals surface area contributed by atoms with Gasteiger partial charge in [0.25, 0.3) is 0 Å². The van der Waals surface area contributed by atoms with Crippen LogP contribution in [0.15, 0.2) is 110 Å². The molecule has 0 spiro atoms. The van der Waals surface area contributed by atoms with E-state index >= 15 is 0 Å². The van der Waals surface area contributed by atoms with Gasteiger partial charge in [0.2, 0.25) is 22.8 Å². The number of benzene rings is 2. The summed E-state index contributed by atoms with van der Waals surface area (Å²) in [7, 11) is 0. The quantitative estimate of drug-likeness (QED) is 0.0463. The number of nitrogens with zero attached hydrogens (tertiary/aromatic N) is 8. The summed E-state index contributed by atoms with van der Waals surface area (Å²) >= 11 is 11.7. The van der Waals surface area contributed by atoms with Gasteiger partial charge < -0.3 is 36.8 Å². The summed E-state index contributed by atoms with van der Waals surface area (Å²) in [6.45, 7) is 9.99. The minimum Gasteiger partial charge on any atom is -0.476 e. The van der Waals surface area contributed by atoms with Crippen molar-refractivity contribution in [2.24, 2.45) is 11.5 Å². The van der Waals surface area contributed by atoms with Gasteiger partial charge in [0.05, 0.1) is 38.4 Å². The maximum absolute atomic E-state index is 14.4. The summed E-state index contributed by atoms with van der Waals surface area (Å²) in [5, 5.41) is 32.1. The van der Waals surface area contributed by atoms with Gasteiger partial charge in [-0.05, 0) is 139 Å². The average molecular weight is 1230 g/mol. The number of alkyl carbamates (subject to hydrolysis) is 1. The van der Waals surface area contributed by atoms with E-state index in [4.69, 9.17) is 44.5 Å². The summed E-state index contributed by atoms with van der Waals surface area (Å²) in [4.78, 5) is 59.2. The van der Waals surface area contributed by atoms with Gasteiger partial charge in [0.1, 0.15) is 22.9 Å². The molecule has 0 saturated heterocycles. The zero-order valence-corrected chi connectivity index (χ0v) is 47.2. The number of aliphatic hydroxyl groups is 2. The first kappa shape index (κ1) is 66.3. The molecule has 2 aromatic carbocycles. The molecule has 8 N–H and O–H groups in total. The summed E-state index contributed by atoms with van der Waals surface area (Å²) in [5.41, 5.74) is 0.428. The molecule has 83 heavy (non-hydrogen) atoms. The number of carboxylic acid groups (broad SMARTS) is 1. The molecule has 0 aliphatic heterocycles. The molecule has 6 aromatic heterocycles.